The standard InChI is InChI=1S/C13H14NS/c1-2-14(11-13-9-6-10-15-13)12-7-4-3-5-8-12/h3-10H,1-2,11H2. The van der Waals surface area contributed by atoms with E-state index in [1.165, 1.54) is 10.6 Å². The molecule has 0 aliphatic heterocycles. The molecule has 0 amide bonds. The Morgan fingerprint density at radius 2 is 1.87 bits per heavy atom. The van der Waals surface area contributed by atoms with Crippen LogP contribution in [0.5, 0.6) is 0 Å². The summed E-state index contributed by atoms with van der Waals surface area (Å²) in [6.45, 7) is 5.72. The van der Waals surface area contributed by atoms with E-state index in [4.69, 9.17) is 0 Å². The third kappa shape index (κ3) is 2.60. The van der Waals surface area contributed by atoms with Gasteiger partial charge in [-0.3, -0.25) is 0 Å². The molecule has 0 spiro atoms. The lowest BCUT2D eigenvalue weighted by Crippen LogP contribution is -2.21. The average Bonchev–Trinajstić information content (AvgIpc) is 2.80. The van der Waals surface area contributed by atoms with Gasteiger partial charge in [0.2, 0.25) is 0 Å². The summed E-state index contributed by atoms with van der Waals surface area (Å²) in [4.78, 5) is 3.65. The fourth-order valence-electron chi connectivity index (χ4n) is 1.53. The maximum absolute atomic E-state index is 3.97. The fourth-order valence-corrected chi connectivity index (χ4v) is 2.25. The van der Waals surface area contributed by atoms with Crippen LogP contribution in [0.3, 0.4) is 0 Å². The zero-order valence-corrected chi connectivity index (χ0v) is 9.41. The fraction of sp³-hybridized carbons (Fsp3) is 0.154. The summed E-state index contributed by atoms with van der Waals surface area (Å²) in [6, 6.07) is 14.7. The van der Waals surface area contributed by atoms with Crippen molar-refractivity contribution in [3.05, 3.63) is 59.6 Å². The van der Waals surface area contributed by atoms with Gasteiger partial charge in [0.25, 0.3) is 0 Å². The molecular formula is C13H14NS. The van der Waals surface area contributed by atoms with E-state index in [9.17, 15) is 0 Å². The summed E-state index contributed by atoms with van der Waals surface area (Å²) in [5.74, 6) is 0. The summed E-state index contributed by atoms with van der Waals surface area (Å²) < 4.78 is 0. The maximum Gasteiger partial charge on any atom is 0.0522 e. The van der Waals surface area contributed by atoms with Gasteiger partial charge in [0, 0.05) is 17.1 Å². The zero-order valence-electron chi connectivity index (χ0n) is 8.60. The molecule has 0 unspecified atom stereocenters. The zero-order chi connectivity index (χ0) is 10.5. The number of hydrogen-bond acceptors (Lipinski definition) is 2. The van der Waals surface area contributed by atoms with Crippen LogP contribution in [0.2, 0.25) is 0 Å². The molecule has 2 heteroatoms. The lowest BCUT2D eigenvalue weighted by atomic mass is 10.3. The van der Waals surface area contributed by atoms with Gasteiger partial charge in [0.05, 0.1) is 6.54 Å². The summed E-state index contributed by atoms with van der Waals surface area (Å²) in [6.07, 6.45) is 0. The van der Waals surface area contributed by atoms with Crippen LogP contribution >= 0.6 is 11.3 Å². The quantitative estimate of drug-likeness (QED) is 0.755. The molecule has 2 aromatic rings. The second-order valence-electron chi connectivity index (χ2n) is 3.34. The van der Waals surface area contributed by atoms with Crippen molar-refractivity contribution < 1.29 is 0 Å². The molecule has 1 aromatic heterocycles. The van der Waals surface area contributed by atoms with Gasteiger partial charge in [-0.1, -0.05) is 24.3 Å². The van der Waals surface area contributed by atoms with Gasteiger partial charge >= 0.3 is 0 Å². The van der Waals surface area contributed by atoms with E-state index in [0.717, 1.165) is 13.1 Å². The molecule has 77 valence electrons. The lowest BCUT2D eigenvalue weighted by Gasteiger charge is -2.22. The predicted octanol–water partition coefficient (Wildman–Crippen LogP) is 3.59. The minimum atomic E-state index is 0.794. The molecule has 0 atom stereocenters. The van der Waals surface area contributed by atoms with Gasteiger partial charge in [-0.2, -0.15) is 0 Å². The molecule has 1 aromatic carbocycles. The minimum absolute atomic E-state index is 0.794. The summed E-state index contributed by atoms with van der Waals surface area (Å²) in [5.41, 5.74) is 1.24. The second-order valence-corrected chi connectivity index (χ2v) is 4.37. The van der Waals surface area contributed by atoms with Crippen molar-refractivity contribution in [3.63, 3.8) is 0 Å². The van der Waals surface area contributed by atoms with Crippen molar-refractivity contribution in [2.24, 2.45) is 0 Å². The van der Waals surface area contributed by atoms with Crippen molar-refractivity contribution in [1.82, 2.24) is 0 Å². The number of benzene rings is 1. The Hall–Kier alpha value is -1.28. The molecule has 0 fully saturated rings. The van der Waals surface area contributed by atoms with Crippen LogP contribution in [0.1, 0.15) is 4.88 Å². The topological polar surface area (TPSA) is 3.24 Å². The number of nitrogens with zero attached hydrogens (tertiary/aromatic N) is 1. The van der Waals surface area contributed by atoms with Crippen LogP contribution < -0.4 is 4.90 Å². The normalized spacial score (nSPS) is 10.2. The number of rotatable bonds is 4. The molecular weight excluding hydrogens is 202 g/mol. The molecule has 1 radical (unpaired) electrons. The monoisotopic (exact) mass is 216 g/mol. The Labute approximate surface area is 95.0 Å². The highest BCUT2D eigenvalue weighted by molar-refractivity contribution is 7.09. The predicted molar refractivity (Wildman–Crippen MR) is 67.2 cm³/mol. The van der Waals surface area contributed by atoms with Crippen LogP contribution in [-0.2, 0) is 6.54 Å². The van der Waals surface area contributed by atoms with Gasteiger partial charge in [0.1, 0.15) is 0 Å². The van der Waals surface area contributed by atoms with Crippen molar-refractivity contribution in [2.45, 2.75) is 6.54 Å². The van der Waals surface area contributed by atoms with E-state index in [1.54, 1.807) is 11.3 Å². The Morgan fingerprint density at radius 1 is 1.07 bits per heavy atom. The molecule has 0 N–H and O–H groups in total. The highest BCUT2D eigenvalue weighted by atomic mass is 32.1. The van der Waals surface area contributed by atoms with Gasteiger partial charge in [-0.15, -0.1) is 11.3 Å². The minimum Gasteiger partial charge on any atom is -0.366 e. The molecule has 0 saturated heterocycles. The first-order valence-corrected chi connectivity index (χ1v) is 5.90. The first-order chi connectivity index (χ1) is 7.40. The molecule has 0 bridgehead atoms. The van der Waals surface area contributed by atoms with Crippen LogP contribution in [0.4, 0.5) is 5.69 Å². The summed E-state index contributed by atoms with van der Waals surface area (Å²) in [7, 11) is 0. The number of thiophene rings is 1. The maximum atomic E-state index is 3.97. The Bertz CT molecular complexity index is 380. The van der Waals surface area contributed by atoms with Crippen molar-refractivity contribution in [2.75, 3.05) is 11.4 Å². The number of para-hydroxylation sites is 1. The molecule has 0 aliphatic carbocycles. The Morgan fingerprint density at radius 3 is 2.47 bits per heavy atom. The Kier molecular flexibility index (Phi) is 3.41. The van der Waals surface area contributed by atoms with Gasteiger partial charge in [-0.25, -0.2) is 0 Å². The van der Waals surface area contributed by atoms with E-state index in [-0.39, 0.29) is 0 Å². The van der Waals surface area contributed by atoms with Crippen LogP contribution in [0.25, 0.3) is 0 Å². The van der Waals surface area contributed by atoms with E-state index in [1.807, 2.05) is 6.07 Å². The molecule has 1 heterocycles. The van der Waals surface area contributed by atoms with E-state index < -0.39 is 0 Å². The van der Waals surface area contributed by atoms with Gasteiger partial charge < -0.3 is 4.90 Å². The van der Waals surface area contributed by atoms with Crippen molar-refractivity contribution in [3.8, 4) is 0 Å². The van der Waals surface area contributed by atoms with E-state index >= 15 is 0 Å². The molecule has 2 rings (SSSR count). The van der Waals surface area contributed by atoms with Crippen LogP contribution in [-0.4, -0.2) is 6.54 Å². The van der Waals surface area contributed by atoms with Crippen LogP contribution in [0.15, 0.2) is 47.8 Å². The third-order valence-electron chi connectivity index (χ3n) is 2.32. The molecule has 0 aliphatic rings. The van der Waals surface area contributed by atoms with E-state index in [0.29, 0.717) is 0 Å². The smallest absolute Gasteiger partial charge is 0.0522 e. The first-order valence-electron chi connectivity index (χ1n) is 5.02. The number of hydrogen-bond donors (Lipinski definition) is 0. The SMILES string of the molecule is [CH2]CN(Cc1cccs1)c1ccccc1. The average molecular weight is 216 g/mol. The van der Waals surface area contributed by atoms with E-state index in [2.05, 4.69) is 53.6 Å². The molecule has 15 heavy (non-hydrogen) atoms. The lowest BCUT2D eigenvalue weighted by molar-refractivity contribution is 0.879. The summed E-state index contributed by atoms with van der Waals surface area (Å²) in [5, 5.41) is 2.11. The highest BCUT2D eigenvalue weighted by Gasteiger charge is 2.04. The number of anilines is 1. The second kappa shape index (κ2) is 4.99. The largest absolute Gasteiger partial charge is 0.366 e. The van der Waals surface area contributed by atoms with Crippen LogP contribution in [0, 0.1) is 6.92 Å². The molecule has 0 saturated carbocycles. The summed E-state index contributed by atoms with van der Waals surface area (Å²) >= 11 is 1.79. The third-order valence-corrected chi connectivity index (χ3v) is 3.18. The molecule has 1 nitrogen and oxygen atoms in total. The highest BCUT2D eigenvalue weighted by Crippen LogP contribution is 2.18. The van der Waals surface area contributed by atoms with Gasteiger partial charge in [0.15, 0.2) is 0 Å². The van der Waals surface area contributed by atoms with Crippen molar-refractivity contribution >= 4 is 17.0 Å². The first kappa shape index (κ1) is 10.2. The Balaban J connectivity index is 2.12. The van der Waals surface area contributed by atoms with Gasteiger partial charge in [-0.05, 0) is 30.5 Å². The van der Waals surface area contributed by atoms with Crippen molar-refractivity contribution in [1.29, 1.82) is 0 Å².